The Kier molecular flexibility index (Phi) is 6.80. The van der Waals surface area contributed by atoms with E-state index >= 15 is 0 Å². The number of carbonyl (C=O) groups is 1. The lowest BCUT2D eigenvalue weighted by Gasteiger charge is -2.25. The predicted octanol–water partition coefficient (Wildman–Crippen LogP) is 3.46. The molecule has 0 heterocycles. The lowest BCUT2D eigenvalue weighted by Crippen LogP contribution is -2.45. The topological polar surface area (TPSA) is 50.4 Å². The Balaban J connectivity index is 2.33. The molecule has 1 saturated carbocycles. The number of rotatable bonds is 6. The van der Waals surface area contributed by atoms with Crippen molar-refractivity contribution < 1.29 is 9.53 Å². The Morgan fingerprint density at radius 2 is 2.05 bits per heavy atom. The van der Waals surface area contributed by atoms with E-state index < -0.39 is 5.60 Å². The number of hydrogen-bond acceptors (Lipinski definition) is 3. The zero-order valence-corrected chi connectivity index (χ0v) is 13.8. The third-order valence-electron chi connectivity index (χ3n) is 3.70. The summed E-state index contributed by atoms with van der Waals surface area (Å²) in [6.07, 6.45) is 5.72. The summed E-state index contributed by atoms with van der Waals surface area (Å²) in [5.74, 6) is 0.827. The van der Waals surface area contributed by atoms with Crippen LogP contribution in [-0.2, 0) is 4.74 Å². The standard InChI is InChI=1S/C16H32N2O2/c1-6-7-14(18-13-9-8-12(2)10-13)11-17-15(19)20-16(3,4)5/h12-14,18H,6-11H2,1-5H3,(H,17,19). The van der Waals surface area contributed by atoms with Crippen molar-refractivity contribution in [2.75, 3.05) is 6.54 Å². The third-order valence-corrected chi connectivity index (χ3v) is 3.70. The van der Waals surface area contributed by atoms with Crippen molar-refractivity contribution >= 4 is 6.09 Å². The van der Waals surface area contributed by atoms with Crippen molar-refractivity contribution in [2.24, 2.45) is 5.92 Å². The van der Waals surface area contributed by atoms with E-state index in [4.69, 9.17) is 4.74 Å². The summed E-state index contributed by atoms with van der Waals surface area (Å²) in [5, 5.41) is 6.58. The van der Waals surface area contributed by atoms with Crippen LogP contribution in [0, 0.1) is 5.92 Å². The van der Waals surface area contributed by atoms with Crippen LogP contribution in [0.15, 0.2) is 0 Å². The molecule has 3 atom stereocenters. The van der Waals surface area contributed by atoms with E-state index in [9.17, 15) is 4.79 Å². The molecule has 0 aromatic carbocycles. The minimum absolute atomic E-state index is 0.319. The highest BCUT2D eigenvalue weighted by Crippen LogP contribution is 2.25. The van der Waals surface area contributed by atoms with Gasteiger partial charge in [-0.3, -0.25) is 0 Å². The molecule has 1 rings (SSSR count). The van der Waals surface area contributed by atoms with Crippen LogP contribution < -0.4 is 10.6 Å². The molecule has 4 nitrogen and oxygen atoms in total. The fraction of sp³-hybridized carbons (Fsp3) is 0.938. The Morgan fingerprint density at radius 1 is 1.35 bits per heavy atom. The highest BCUT2D eigenvalue weighted by atomic mass is 16.6. The number of nitrogens with one attached hydrogen (secondary N) is 2. The Bertz CT molecular complexity index is 299. The first-order chi connectivity index (χ1) is 9.30. The van der Waals surface area contributed by atoms with Crippen LogP contribution in [-0.4, -0.2) is 30.3 Å². The van der Waals surface area contributed by atoms with Gasteiger partial charge in [0.2, 0.25) is 0 Å². The van der Waals surface area contributed by atoms with Gasteiger partial charge in [0.15, 0.2) is 0 Å². The molecule has 0 saturated heterocycles. The number of alkyl carbamates (subject to hydrolysis) is 1. The van der Waals surface area contributed by atoms with Gasteiger partial charge in [-0.25, -0.2) is 4.79 Å². The monoisotopic (exact) mass is 284 g/mol. The molecule has 20 heavy (non-hydrogen) atoms. The van der Waals surface area contributed by atoms with E-state index in [1.807, 2.05) is 20.8 Å². The smallest absolute Gasteiger partial charge is 0.407 e. The largest absolute Gasteiger partial charge is 0.444 e. The van der Waals surface area contributed by atoms with Gasteiger partial charge < -0.3 is 15.4 Å². The molecule has 0 aromatic heterocycles. The summed E-state index contributed by atoms with van der Waals surface area (Å²) < 4.78 is 5.28. The van der Waals surface area contributed by atoms with Gasteiger partial charge in [0.05, 0.1) is 0 Å². The minimum Gasteiger partial charge on any atom is -0.444 e. The van der Waals surface area contributed by atoms with Crippen LogP contribution in [0.4, 0.5) is 4.79 Å². The van der Waals surface area contributed by atoms with Crippen LogP contribution in [0.2, 0.25) is 0 Å². The summed E-state index contributed by atoms with van der Waals surface area (Å²) in [6.45, 7) is 10.8. The highest BCUT2D eigenvalue weighted by Gasteiger charge is 2.24. The van der Waals surface area contributed by atoms with Crippen molar-refractivity contribution in [3.63, 3.8) is 0 Å². The van der Waals surface area contributed by atoms with Gasteiger partial charge >= 0.3 is 6.09 Å². The van der Waals surface area contributed by atoms with Gasteiger partial charge in [-0.1, -0.05) is 20.3 Å². The molecule has 1 amide bonds. The Hall–Kier alpha value is -0.770. The van der Waals surface area contributed by atoms with Crippen molar-refractivity contribution in [2.45, 2.75) is 84.4 Å². The van der Waals surface area contributed by atoms with Gasteiger partial charge in [0.1, 0.15) is 5.60 Å². The Labute approximate surface area is 124 Å². The molecule has 0 bridgehead atoms. The maximum atomic E-state index is 11.7. The molecule has 118 valence electrons. The number of hydrogen-bond donors (Lipinski definition) is 2. The van der Waals surface area contributed by atoms with E-state index in [-0.39, 0.29) is 6.09 Å². The molecular formula is C16H32N2O2. The normalized spacial score (nSPS) is 24.4. The van der Waals surface area contributed by atoms with Crippen molar-refractivity contribution in [1.82, 2.24) is 10.6 Å². The minimum atomic E-state index is -0.432. The first-order valence-electron chi connectivity index (χ1n) is 8.03. The summed E-state index contributed by atoms with van der Waals surface area (Å²) in [7, 11) is 0. The van der Waals surface area contributed by atoms with E-state index in [1.165, 1.54) is 19.3 Å². The van der Waals surface area contributed by atoms with Crippen LogP contribution in [0.5, 0.6) is 0 Å². The van der Waals surface area contributed by atoms with Gasteiger partial charge in [-0.05, 0) is 52.4 Å². The lowest BCUT2D eigenvalue weighted by molar-refractivity contribution is 0.0521. The summed E-state index contributed by atoms with van der Waals surface area (Å²) in [5.41, 5.74) is -0.432. The molecule has 1 aliphatic carbocycles. The molecule has 0 spiro atoms. The fourth-order valence-corrected chi connectivity index (χ4v) is 2.81. The van der Waals surface area contributed by atoms with Gasteiger partial charge in [0.25, 0.3) is 0 Å². The summed E-state index contributed by atoms with van der Waals surface area (Å²) in [6, 6.07) is 0.963. The SMILES string of the molecule is CCCC(CNC(=O)OC(C)(C)C)NC1CCC(C)C1. The number of ether oxygens (including phenoxy) is 1. The van der Waals surface area contributed by atoms with Gasteiger partial charge in [0, 0.05) is 18.6 Å². The molecule has 2 N–H and O–H groups in total. The first kappa shape index (κ1) is 17.3. The highest BCUT2D eigenvalue weighted by molar-refractivity contribution is 5.67. The van der Waals surface area contributed by atoms with E-state index in [1.54, 1.807) is 0 Å². The zero-order chi connectivity index (χ0) is 15.2. The number of carbonyl (C=O) groups excluding carboxylic acids is 1. The van der Waals surface area contributed by atoms with E-state index in [0.717, 1.165) is 18.8 Å². The second kappa shape index (κ2) is 7.87. The fourth-order valence-electron chi connectivity index (χ4n) is 2.81. The van der Waals surface area contributed by atoms with Crippen molar-refractivity contribution in [1.29, 1.82) is 0 Å². The quantitative estimate of drug-likeness (QED) is 0.785. The molecule has 4 heteroatoms. The molecule has 0 aromatic rings. The van der Waals surface area contributed by atoms with Gasteiger partial charge in [-0.2, -0.15) is 0 Å². The van der Waals surface area contributed by atoms with Crippen molar-refractivity contribution in [3.05, 3.63) is 0 Å². The third kappa shape index (κ3) is 7.13. The van der Waals surface area contributed by atoms with Crippen LogP contribution in [0.25, 0.3) is 0 Å². The average molecular weight is 284 g/mol. The maximum Gasteiger partial charge on any atom is 0.407 e. The average Bonchev–Trinajstić information content (AvgIpc) is 2.70. The number of amides is 1. The van der Waals surface area contributed by atoms with Crippen molar-refractivity contribution in [3.8, 4) is 0 Å². The molecule has 0 radical (unpaired) electrons. The zero-order valence-electron chi connectivity index (χ0n) is 13.8. The maximum absolute atomic E-state index is 11.7. The Morgan fingerprint density at radius 3 is 2.55 bits per heavy atom. The first-order valence-corrected chi connectivity index (χ1v) is 8.03. The second-order valence-electron chi connectivity index (χ2n) is 7.15. The second-order valence-corrected chi connectivity index (χ2v) is 7.15. The molecule has 3 unspecified atom stereocenters. The van der Waals surface area contributed by atoms with Crippen LogP contribution >= 0.6 is 0 Å². The van der Waals surface area contributed by atoms with Crippen LogP contribution in [0.1, 0.15) is 66.7 Å². The predicted molar refractivity (Wildman–Crippen MR) is 82.9 cm³/mol. The van der Waals surface area contributed by atoms with E-state index in [0.29, 0.717) is 18.6 Å². The molecule has 0 aliphatic heterocycles. The van der Waals surface area contributed by atoms with E-state index in [2.05, 4.69) is 24.5 Å². The van der Waals surface area contributed by atoms with Gasteiger partial charge in [-0.15, -0.1) is 0 Å². The summed E-state index contributed by atoms with van der Waals surface area (Å²) in [4.78, 5) is 11.7. The van der Waals surface area contributed by atoms with Crippen LogP contribution in [0.3, 0.4) is 0 Å². The molecular weight excluding hydrogens is 252 g/mol. The molecule has 1 aliphatic rings. The summed E-state index contributed by atoms with van der Waals surface area (Å²) >= 11 is 0. The lowest BCUT2D eigenvalue weighted by atomic mass is 10.1. The molecule has 1 fully saturated rings.